The van der Waals surface area contributed by atoms with Crippen molar-refractivity contribution < 1.29 is 0 Å². The van der Waals surface area contributed by atoms with Crippen LogP contribution in [-0.4, -0.2) is 46.9 Å². The molecular weight excluding hydrogens is 179 g/mol. The second-order valence-electron chi connectivity index (χ2n) is 4.17. The van der Waals surface area contributed by atoms with Gasteiger partial charge in [0.25, 0.3) is 0 Å². The molecule has 0 aromatic heterocycles. The highest BCUT2D eigenvalue weighted by atomic mass is 15.2. The van der Waals surface area contributed by atoms with E-state index in [0.29, 0.717) is 0 Å². The maximum Gasteiger partial charge on any atom is 0.0825 e. The number of allylic oxidation sites excluding steroid dienone is 1. The summed E-state index contributed by atoms with van der Waals surface area (Å²) in [7, 11) is 18.6. The first-order valence-electron chi connectivity index (χ1n) is 5.50. The van der Waals surface area contributed by atoms with Crippen molar-refractivity contribution in [3.63, 3.8) is 0 Å². The molecule has 0 aromatic carbocycles. The third-order valence-corrected chi connectivity index (χ3v) is 3.37. The lowest BCUT2D eigenvalue weighted by Gasteiger charge is -2.52. The van der Waals surface area contributed by atoms with Crippen LogP contribution in [0.4, 0.5) is 0 Å². The fraction of sp³-hybridized carbons (Fsp3) is 0.818. The van der Waals surface area contributed by atoms with Gasteiger partial charge >= 0.3 is 0 Å². The molecule has 0 aliphatic rings. The Bertz CT molecular complexity index is 230. The zero-order chi connectivity index (χ0) is 12.3. The summed E-state index contributed by atoms with van der Waals surface area (Å²) in [5.41, 5.74) is 0.999. The van der Waals surface area contributed by atoms with Gasteiger partial charge in [0.15, 0.2) is 0 Å². The third kappa shape index (κ3) is 2.72. The van der Waals surface area contributed by atoms with Gasteiger partial charge in [0.2, 0.25) is 0 Å². The SMILES string of the molecule is [B]C(C)(/C(C)=C/C)C([B])([B])N(CC)CC. The van der Waals surface area contributed by atoms with Crippen LogP contribution in [0.5, 0.6) is 0 Å². The fourth-order valence-electron chi connectivity index (χ4n) is 1.69. The molecule has 0 aliphatic carbocycles. The molecule has 15 heavy (non-hydrogen) atoms. The van der Waals surface area contributed by atoms with Gasteiger partial charge in [-0.3, -0.25) is 0 Å². The number of hydrogen-bond donors (Lipinski definition) is 0. The molecule has 0 aliphatic heterocycles. The average Bonchev–Trinajstić information content (AvgIpc) is 2.17. The molecule has 1 nitrogen and oxygen atoms in total. The van der Waals surface area contributed by atoms with Gasteiger partial charge < -0.3 is 4.90 Å². The van der Waals surface area contributed by atoms with Crippen molar-refractivity contribution in [2.75, 3.05) is 13.1 Å². The number of rotatable bonds is 5. The Kier molecular flexibility index (Phi) is 5.25. The van der Waals surface area contributed by atoms with Gasteiger partial charge in [0.05, 0.1) is 23.5 Å². The molecule has 78 valence electrons. The van der Waals surface area contributed by atoms with Crippen LogP contribution in [0.3, 0.4) is 0 Å². The van der Waals surface area contributed by atoms with E-state index in [1.165, 1.54) is 0 Å². The topological polar surface area (TPSA) is 3.24 Å². The first-order chi connectivity index (χ1) is 6.75. The first kappa shape index (κ1) is 14.9. The summed E-state index contributed by atoms with van der Waals surface area (Å²) in [4.78, 5) is 1.97. The van der Waals surface area contributed by atoms with Crippen molar-refractivity contribution in [1.29, 1.82) is 0 Å². The van der Waals surface area contributed by atoms with Gasteiger partial charge in [0.1, 0.15) is 0 Å². The number of nitrogens with zero attached hydrogens (tertiary/aromatic N) is 1. The Hall–Kier alpha value is -0.105. The van der Waals surface area contributed by atoms with Crippen molar-refractivity contribution in [2.24, 2.45) is 0 Å². The van der Waals surface area contributed by atoms with Gasteiger partial charge in [-0.15, -0.1) is 0 Å². The summed E-state index contributed by atoms with van der Waals surface area (Å²) in [6, 6.07) is 0. The molecule has 6 radical (unpaired) electrons. The summed E-state index contributed by atoms with van der Waals surface area (Å²) >= 11 is 0. The summed E-state index contributed by atoms with van der Waals surface area (Å²) in [5.74, 6) is 0. The Morgan fingerprint density at radius 1 is 1.20 bits per heavy atom. The van der Waals surface area contributed by atoms with Crippen LogP contribution in [0, 0.1) is 0 Å². The fourth-order valence-corrected chi connectivity index (χ4v) is 1.69. The molecule has 0 saturated heterocycles. The van der Waals surface area contributed by atoms with E-state index in [9.17, 15) is 0 Å². The first-order valence-corrected chi connectivity index (χ1v) is 5.50. The number of hydrogen-bond acceptors (Lipinski definition) is 1. The Morgan fingerprint density at radius 3 is 1.87 bits per heavy atom. The van der Waals surface area contributed by atoms with E-state index in [2.05, 4.69) is 0 Å². The predicted octanol–water partition coefficient (Wildman–Crippen LogP) is 1.63. The lowest BCUT2D eigenvalue weighted by molar-refractivity contribution is 0.215. The smallest absolute Gasteiger partial charge is 0.0825 e. The van der Waals surface area contributed by atoms with Crippen LogP contribution in [0.15, 0.2) is 11.6 Å². The molecule has 0 bridgehead atoms. The van der Waals surface area contributed by atoms with Crippen molar-refractivity contribution >= 4 is 23.5 Å². The van der Waals surface area contributed by atoms with E-state index in [1.807, 2.05) is 45.6 Å². The Labute approximate surface area is 98.9 Å². The average molecular weight is 199 g/mol. The van der Waals surface area contributed by atoms with E-state index in [0.717, 1.165) is 18.7 Å². The zero-order valence-corrected chi connectivity index (χ0v) is 10.7. The highest BCUT2D eigenvalue weighted by Gasteiger charge is 2.39. The quantitative estimate of drug-likeness (QED) is 0.480. The molecule has 4 heteroatoms. The van der Waals surface area contributed by atoms with E-state index in [4.69, 9.17) is 23.5 Å². The predicted molar refractivity (Wildman–Crippen MR) is 70.7 cm³/mol. The van der Waals surface area contributed by atoms with Gasteiger partial charge in [-0.2, -0.15) is 0 Å². The molecule has 0 heterocycles. The molecule has 1 unspecified atom stereocenters. The maximum absolute atomic E-state index is 6.24. The molecule has 0 spiro atoms. The van der Waals surface area contributed by atoms with Crippen LogP contribution in [-0.2, 0) is 0 Å². The van der Waals surface area contributed by atoms with Crippen molar-refractivity contribution in [1.82, 2.24) is 4.90 Å². The largest absolute Gasteiger partial charge is 0.315 e. The van der Waals surface area contributed by atoms with E-state index < -0.39 is 10.7 Å². The highest BCUT2D eigenvalue weighted by molar-refractivity contribution is 6.45. The Morgan fingerprint density at radius 2 is 1.60 bits per heavy atom. The van der Waals surface area contributed by atoms with Crippen LogP contribution >= 0.6 is 0 Å². The Balaban J connectivity index is 5.15. The lowest BCUT2D eigenvalue weighted by atomic mass is 9.39. The molecule has 1 atom stereocenters. The summed E-state index contributed by atoms with van der Waals surface area (Å²) < 4.78 is 0. The molecule has 0 N–H and O–H groups in total. The van der Waals surface area contributed by atoms with Crippen molar-refractivity contribution in [2.45, 2.75) is 45.3 Å². The normalized spacial score (nSPS) is 17.9. The van der Waals surface area contributed by atoms with Crippen LogP contribution < -0.4 is 0 Å². The summed E-state index contributed by atoms with van der Waals surface area (Å²) in [5, 5.41) is -1.75. The second kappa shape index (κ2) is 5.29. The van der Waals surface area contributed by atoms with E-state index >= 15 is 0 Å². The van der Waals surface area contributed by atoms with E-state index in [1.54, 1.807) is 0 Å². The zero-order valence-electron chi connectivity index (χ0n) is 10.7. The van der Waals surface area contributed by atoms with Gasteiger partial charge in [-0.25, -0.2) is 0 Å². The van der Waals surface area contributed by atoms with Gasteiger partial charge in [0, 0.05) is 0 Å². The van der Waals surface area contributed by atoms with Gasteiger partial charge in [-0.05, 0) is 32.3 Å². The molecule has 0 amide bonds. The molecule has 0 saturated carbocycles. The van der Waals surface area contributed by atoms with Gasteiger partial charge in [-0.1, -0.05) is 37.8 Å². The minimum Gasteiger partial charge on any atom is -0.315 e. The van der Waals surface area contributed by atoms with Crippen LogP contribution in [0.1, 0.15) is 34.6 Å². The van der Waals surface area contributed by atoms with Crippen molar-refractivity contribution in [3.05, 3.63) is 11.6 Å². The molecule has 0 aromatic rings. The summed E-state index contributed by atoms with van der Waals surface area (Å²) in [6.45, 7) is 11.4. The second-order valence-corrected chi connectivity index (χ2v) is 4.17. The molecule has 0 fully saturated rings. The summed E-state index contributed by atoms with van der Waals surface area (Å²) in [6.07, 6.45) is 1.96. The molecule has 0 rings (SSSR count). The highest BCUT2D eigenvalue weighted by Crippen LogP contribution is 2.42. The van der Waals surface area contributed by atoms with Crippen LogP contribution in [0.25, 0.3) is 0 Å². The standard InChI is InChI=1S/C11H20B3N/c1-6-9(4)10(5,12)11(13,14)15(7-2)8-3/h6H,7-8H2,1-5H3/b9-6+. The van der Waals surface area contributed by atoms with Crippen LogP contribution in [0.2, 0.25) is 5.31 Å². The lowest BCUT2D eigenvalue weighted by Crippen LogP contribution is -2.57. The third-order valence-electron chi connectivity index (χ3n) is 3.37. The van der Waals surface area contributed by atoms with Crippen molar-refractivity contribution in [3.8, 4) is 0 Å². The molecular formula is C11H20B3N. The van der Waals surface area contributed by atoms with E-state index in [-0.39, 0.29) is 0 Å². The maximum atomic E-state index is 6.24. The minimum atomic E-state index is -1.02. The minimum absolute atomic E-state index is 0.728. The monoisotopic (exact) mass is 199 g/mol.